The molecule has 1 saturated heterocycles. The average Bonchev–Trinajstić information content (AvgIpc) is 3.21. The van der Waals surface area contributed by atoms with Crippen LogP contribution in [0.25, 0.3) is 0 Å². The maximum Gasteiger partial charge on any atom is 0.220 e. The Morgan fingerprint density at radius 3 is 1.33 bits per heavy atom. The zero-order chi connectivity index (χ0) is 52.0. The lowest BCUT2D eigenvalue weighted by Crippen LogP contribution is -2.66. The second kappa shape index (κ2) is 36.1. The van der Waals surface area contributed by atoms with Crippen LogP contribution in [0.1, 0.15) is 181 Å². The van der Waals surface area contributed by atoms with E-state index in [4.69, 9.17) is 31.6 Å². The first-order chi connectivity index (χ1) is 32.2. The van der Waals surface area contributed by atoms with E-state index < -0.39 is 72.2 Å². The number of hydrogen-bond acceptors (Lipinski definition) is 8. The number of nitrogens with one attached hydrogen (secondary N) is 1. The summed E-state index contributed by atoms with van der Waals surface area (Å²) in [6.45, 7) is 38.5. The van der Waals surface area contributed by atoms with Crippen molar-refractivity contribution < 1.29 is 36.4 Å². The molecule has 69 heavy (non-hydrogen) atoms. The maximum absolute atomic E-state index is 14.0. The van der Waals surface area contributed by atoms with Crippen LogP contribution in [0.3, 0.4) is 0 Å². The summed E-state index contributed by atoms with van der Waals surface area (Å²) in [6, 6.07) is -0.417. The Hall–Kier alpha value is 0.0144. The van der Waals surface area contributed by atoms with E-state index in [0.717, 1.165) is 25.7 Å². The second-order valence-corrected chi connectivity index (χ2v) is 47.9. The topological polar surface area (TPSA) is 93.7 Å². The molecule has 1 N–H and O–H groups in total. The van der Waals surface area contributed by atoms with E-state index in [0.29, 0.717) is 13.0 Å². The summed E-state index contributed by atoms with van der Waals surface area (Å²) < 4.78 is 48.9. The maximum atomic E-state index is 14.0. The smallest absolute Gasteiger partial charge is 0.220 e. The number of carbonyl (C=O) groups excluding carboxylic acids is 1. The first kappa shape index (κ1) is 67.0. The Kier molecular flexibility index (Phi) is 35.0. The third-order valence-corrected chi connectivity index (χ3v) is 17.2. The van der Waals surface area contributed by atoms with Crippen molar-refractivity contribution >= 4 is 47.5 Å². The Labute approximate surface area is 434 Å². The summed E-state index contributed by atoms with van der Waals surface area (Å²) in [6.07, 6.45) is 34.4. The van der Waals surface area contributed by atoms with Crippen molar-refractivity contribution in [3.63, 3.8) is 0 Å². The lowest BCUT2D eigenvalue weighted by Gasteiger charge is -2.51. The van der Waals surface area contributed by atoms with Gasteiger partial charge >= 0.3 is 0 Å². The minimum absolute atomic E-state index is 0.0547. The average molecular weight is 1060 g/mol. The van der Waals surface area contributed by atoms with Crippen molar-refractivity contribution in [2.24, 2.45) is 0 Å². The number of amides is 1. The Bertz CT molecular complexity index is 1310. The van der Waals surface area contributed by atoms with Crippen molar-refractivity contribution in [3.05, 3.63) is 12.2 Å². The number of allylic oxidation sites excluding steroid dienone is 1. The van der Waals surface area contributed by atoms with Crippen LogP contribution in [0.5, 0.6) is 0 Å². The van der Waals surface area contributed by atoms with Gasteiger partial charge in [-0.15, -0.1) is 0 Å². The molecule has 0 aromatic heterocycles. The summed E-state index contributed by atoms with van der Waals surface area (Å²) in [7, 11) is -10.4. The zero-order valence-corrected chi connectivity index (χ0v) is 53.8. The summed E-state index contributed by atoms with van der Waals surface area (Å²) in [5, 5.41) is 3.46. The van der Waals surface area contributed by atoms with Crippen molar-refractivity contribution in [2.75, 3.05) is 13.2 Å². The van der Waals surface area contributed by atoms with E-state index in [1.807, 2.05) is 0 Å². The highest BCUT2D eigenvalue weighted by molar-refractivity contribution is 6.71. The summed E-state index contributed by atoms with van der Waals surface area (Å²) in [5.74, 6) is 0.0547. The van der Waals surface area contributed by atoms with Crippen LogP contribution in [-0.4, -0.2) is 104 Å². The number of rotatable bonds is 43. The first-order valence-electron chi connectivity index (χ1n) is 28.8. The highest BCUT2D eigenvalue weighted by Crippen LogP contribution is 2.35. The van der Waals surface area contributed by atoms with Crippen LogP contribution in [0.4, 0.5) is 0 Å². The van der Waals surface area contributed by atoms with Gasteiger partial charge in [0.25, 0.3) is 0 Å². The normalized spacial score (nSPS) is 20.7. The van der Waals surface area contributed by atoms with E-state index in [-0.39, 0.29) is 24.7 Å². The molecule has 410 valence electrons. The van der Waals surface area contributed by atoms with Crippen LogP contribution in [0, 0.1) is 0 Å². The summed E-state index contributed by atoms with van der Waals surface area (Å²) >= 11 is 0. The van der Waals surface area contributed by atoms with Crippen LogP contribution in [0.15, 0.2) is 12.2 Å². The monoisotopic (exact) mass is 1060 g/mol. The molecule has 0 bridgehead atoms. The number of carbonyl (C=O) groups is 1. The van der Waals surface area contributed by atoms with Gasteiger partial charge < -0.3 is 36.9 Å². The van der Waals surface area contributed by atoms with Gasteiger partial charge in [-0.2, -0.15) is 0 Å². The predicted octanol–water partition coefficient (Wildman–Crippen LogP) is 16.7. The predicted molar refractivity (Wildman–Crippen MR) is 309 cm³/mol. The molecule has 0 aromatic rings. The SMILES string of the molecule is CCCCCCCCCCCCCC=CC(O[Si](C)(C)C)C(COC1OC(CO[Si](C)(C)C)C(O[Si](C)(C)C)C(O[Si](C)(C)C)C1O[Si](C)(C)C)NC(=O)CCCCCCCCCCCCCCC. The molecule has 14 heteroatoms. The van der Waals surface area contributed by atoms with E-state index in [2.05, 4.69) is 130 Å². The molecule has 0 saturated carbocycles. The Balaban J connectivity index is 3.35. The fraction of sp³-hybridized carbons (Fsp3) is 0.945. The van der Waals surface area contributed by atoms with Gasteiger partial charge in [0.1, 0.15) is 24.4 Å². The van der Waals surface area contributed by atoms with E-state index in [9.17, 15) is 4.79 Å². The minimum atomic E-state index is -2.18. The minimum Gasteiger partial charge on any atom is -0.415 e. The van der Waals surface area contributed by atoms with Crippen LogP contribution < -0.4 is 5.32 Å². The van der Waals surface area contributed by atoms with Gasteiger partial charge in [0.15, 0.2) is 47.9 Å². The lowest BCUT2D eigenvalue weighted by molar-refractivity contribution is -0.292. The third-order valence-electron chi connectivity index (χ3n) is 12.2. The van der Waals surface area contributed by atoms with Crippen molar-refractivity contribution in [1.29, 1.82) is 0 Å². The van der Waals surface area contributed by atoms with Crippen LogP contribution >= 0.6 is 0 Å². The van der Waals surface area contributed by atoms with Crippen LogP contribution in [0.2, 0.25) is 98.2 Å². The van der Waals surface area contributed by atoms with Gasteiger partial charge in [-0.3, -0.25) is 4.79 Å². The van der Waals surface area contributed by atoms with Crippen molar-refractivity contribution in [1.82, 2.24) is 5.32 Å². The quantitative estimate of drug-likeness (QED) is 0.0367. The molecule has 7 atom stereocenters. The summed E-state index contributed by atoms with van der Waals surface area (Å²) in [5.41, 5.74) is 0. The molecule has 9 nitrogen and oxygen atoms in total. The second-order valence-electron chi connectivity index (χ2n) is 25.5. The van der Waals surface area contributed by atoms with E-state index >= 15 is 0 Å². The van der Waals surface area contributed by atoms with Gasteiger partial charge in [-0.25, -0.2) is 0 Å². The number of ether oxygens (including phenoxy) is 2. The molecule has 1 aliphatic heterocycles. The fourth-order valence-corrected chi connectivity index (χ4v) is 13.9. The van der Waals surface area contributed by atoms with Gasteiger partial charge in [-0.05, 0) is 117 Å². The Morgan fingerprint density at radius 2 is 0.913 bits per heavy atom. The molecule has 0 aromatic carbocycles. The molecule has 1 rings (SSSR count). The highest BCUT2D eigenvalue weighted by atomic mass is 28.4. The van der Waals surface area contributed by atoms with Crippen LogP contribution in [-0.2, 0) is 36.4 Å². The standard InChI is InChI=1S/C55H117NO8Si5/c1-18-20-22-24-26-28-30-32-34-36-38-40-42-44-49(61-66(6,7)8)48(56-51(57)45-43-41-39-37-35-33-31-29-27-25-23-21-19-2)46-58-55-54(64-69(15,16)17)53(63-68(12,13)14)52(62-67(9,10)11)50(60-55)47-59-65(3,4)5/h42,44,48-50,52-55H,18-41,43,45-47H2,1-17H3,(H,56,57). The van der Waals surface area contributed by atoms with Gasteiger partial charge in [0.05, 0.1) is 25.4 Å². The number of hydrogen-bond donors (Lipinski definition) is 1. The lowest BCUT2D eigenvalue weighted by atomic mass is 9.99. The zero-order valence-electron chi connectivity index (χ0n) is 48.8. The fourth-order valence-electron chi connectivity index (χ4n) is 8.93. The molecule has 1 amide bonds. The molecule has 7 unspecified atom stereocenters. The van der Waals surface area contributed by atoms with Gasteiger partial charge in [0.2, 0.25) is 5.91 Å². The molecular formula is C55H117NO8Si5. The molecule has 0 spiro atoms. The molecule has 0 aliphatic carbocycles. The van der Waals surface area contributed by atoms with Crippen molar-refractivity contribution in [3.8, 4) is 0 Å². The Morgan fingerprint density at radius 1 is 0.507 bits per heavy atom. The molecular weight excluding hydrogens is 943 g/mol. The third kappa shape index (κ3) is 37.4. The van der Waals surface area contributed by atoms with Gasteiger partial charge in [0, 0.05) is 6.42 Å². The number of unbranched alkanes of at least 4 members (excludes halogenated alkanes) is 23. The highest BCUT2D eigenvalue weighted by Gasteiger charge is 2.52. The molecule has 1 fully saturated rings. The molecule has 0 radical (unpaired) electrons. The van der Waals surface area contributed by atoms with E-state index in [1.54, 1.807) is 0 Å². The first-order valence-corrected chi connectivity index (χ1v) is 45.9. The van der Waals surface area contributed by atoms with E-state index in [1.165, 1.54) is 135 Å². The molecule has 1 heterocycles. The summed E-state index contributed by atoms with van der Waals surface area (Å²) in [4.78, 5) is 14.0. The van der Waals surface area contributed by atoms with Gasteiger partial charge in [-0.1, -0.05) is 167 Å². The molecule has 1 aliphatic rings. The van der Waals surface area contributed by atoms with Crippen molar-refractivity contribution in [2.45, 2.75) is 322 Å². The largest absolute Gasteiger partial charge is 0.415 e.